The maximum absolute atomic E-state index is 12.8. The van der Waals surface area contributed by atoms with Gasteiger partial charge < -0.3 is 4.90 Å². The summed E-state index contributed by atoms with van der Waals surface area (Å²) in [6.07, 6.45) is 2.18. The number of hydrogen-bond acceptors (Lipinski definition) is 4. The number of amides is 1. The van der Waals surface area contributed by atoms with E-state index < -0.39 is 10.2 Å². The largest absolute Gasteiger partial charge is 0.339 e. The molecule has 0 radical (unpaired) electrons. The molecule has 1 aromatic heterocycles. The minimum Gasteiger partial charge on any atom is -0.339 e. The van der Waals surface area contributed by atoms with Crippen LogP contribution in [0.5, 0.6) is 0 Å². The Bertz CT molecular complexity index is 997. The number of aromatic nitrogens is 1. The van der Waals surface area contributed by atoms with E-state index in [1.165, 1.54) is 4.31 Å². The van der Waals surface area contributed by atoms with Crippen molar-refractivity contribution in [3.63, 3.8) is 0 Å². The normalized spacial score (nSPS) is 15.6. The molecular weight excluding hydrogens is 412 g/mol. The second-order valence-electron chi connectivity index (χ2n) is 7.75. The molecule has 2 aromatic rings. The van der Waals surface area contributed by atoms with Crippen molar-refractivity contribution in [2.75, 3.05) is 30.9 Å². The zero-order chi connectivity index (χ0) is 22.4. The molecule has 2 heterocycles. The number of pyridine rings is 1. The van der Waals surface area contributed by atoms with E-state index >= 15 is 0 Å². The maximum Gasteiger partial charge on any atom is 0.302 e. The van der Waals surface area contributed by atoms with Crippen LogP contribution in [0.3, 0.4) is 0 Å². The number of carbonyl (C=O) groups excluding carboxylic acids is 1. The van der Waals surface area contributed by atoms with Gasteiger partial charge in [0.25, 0.3) is 5.91 Å². The van der Waals surface area contributed by atoms with Gasteiger partial charge in [0.2, 0.25) is 0 Å². The zero-order valence-electron chi connectivity index (χ0n) is 18.5. The molecule has 31 heavy (non-hydrogen) atoms. The van der Waals surface area contributed by atoms with Crippen LogP contribution in [-0.4, -0.2) is 54.7 Å². The topological polar surface area (TPSA) is 82.6 Å². The molecule has 1 aliphatic heterocycles. The summed E-state index contributed by atoms with van der Waals surface area (Å²) >= 11 is 0. The van der Waals surface area contributed by atoms with Crippen LogP contribution in [0.4, 0.5) is 5.82 Å². The van der Waals surface area contributed by atoms with E-state index in [4.69, 9.17) is 0 Å². The van der Waals surface area contributed by atoms with E-state index in [1.54, 1.807) is 6.07 Å². The van der Waals surface area contributed by atoms with Gasteiger partial charge in [0.15, 0.2) is 0 Å². The summed E-state index contributed by atoms with van der Waals surface area (Å²) in [5.41, 5.74) is 2.64. The second-order valence-corrected chi connectivity index (χ2v) is 9.42. The summed E-state index contributed by atoms with van der Waals surface area (Å²) in [6, 6.07) is 13.1. The lowest BCUT2D eigenvalue weighted by Crippen LogP contribution is -2.41. The van der Waals surface area contributed by atoms with Crippen LogP contribution in [-0.2, 0) is 16.6 Å². The highest BCUT2D eigenvalue weighted by molar-refractivity contribution is 7.90. The van der Waals surface area contributed by atoms with Gasteiger partial charge in [-0.05, 0) is 68.9 Å². The Morgan fingerprint density at radius 1 is 1.10 bits per heavy atom. The number of nitrogens with zero attached hydrogens (tertiary/aromatic N) is 3. The molecule has 0 saturated carbocycles. The summed E-state index contributed by atoms with van der Waals surface area (Å²) in [4.78, 5) is 18.8. The molecule has 1 aromatic carbocycles. The average Bonchev–Trinajstić information content (AvgIpc) is 2.80. The van der Waals surface area contributed by atoms with E-state index in [0.717, 1.165) is 17.7 Å². The molecule has 0 unspecified atom stereocenters. The summed E-state index contributed by atoms with van der Waals surface area (Å²) in [5.74, 6) is 0.624. The molecule has 0 atom stereocenters. The Morgan fingerprint density at radius 3 is 2.42 bits per heavy atom. The van der Waals surface area contributed by atoms with Crippen molar-refractivity contribution >= 4 is 21.9 Å². The summed E-state index contributed by atoms with van der Waals surface area (Å²) in [7, 11) is -3.65. The first-order valence-corrected chi connectivity index (χ1v) is 12.4. The SMILES string of the molecule is CCc1cccc(NS(=O)(=O)N2CCC(c3cccc(C(=O)N(CC)CC)c3)CC2)n1. The van der Waals surface area contributed by atoms with Gasteiger partial charge in [-0.3, -0.25) is 9.52 Å². The lowest BCUT2D eigenvalue weighted by atomic mass is 9.89. The highest BCUT2D eigenvalue weighted by atomic mass is 32.2. The van der Waals surface area contributed by atoms with Gasteiger partial charge in [-0.2, -0.15) is 12.7 Å². The number of anilines is 1. The first-order valence-electron chi connectivity index (χ1n) is 11.0. The highest BCUT2D eigenvalue weighted by Crippen LogP contribution is 2.30. The van der Waals surface area contributed by atoms with Crippen LogP contribution in [0.1, 0.15) is 61.1 Å². The van der Waals surface area contributed by atoms with Crippen molar-refractivity contribution in [2.45, 2.75) is 46.0 Å². The third-order valence-electron chi connectivity index (χ3n) is 5.85. The predicted octanol–water partition coefficient (Wildman–Crippen LogP) is 3.66. The molecule has 3 rings (SSSR count). The molecule has 168 valence electrons. The second kappa shape index (κ2) is 10.2. The molecule has 1 fully saturated rings. The van der Waals surface area contributed by atoms with E-state index in [1.807, 2.05) is 62.1 Å². The number of piperidine rings is 1. The van der Waals surface area contributed by atoms with Crippen LogP contribution in [0.15, 0.2) is 42.5 Å². The molecule has 1 N–H and O–H groups in total. The number of benzene rings is 1. The number of rotatable bonds is 8. The molecule has 1 saturated heterocycles. The van der Waals surface area contributed by atoms with Crippen LogP contribution in [0.25, 0.3) is 0 Å². The zero-order valence-corrected chi connectivity index (χ0v) is 19.4. The van der Waals surface area contributed by atoms with Crippen LogP contribution in [0.2, 0.25) is 0 Å². The Kier molecular flexibility index (Phi) is 7.67. The van der Waals surface area contributed by atoms with Crippen molar-refractivity contribution in [2.24, 2.45) is 0 Å². The molecule has 0 bridgehead atoms. The van der Waals surface area contributed by atoms with Gasteiger partial charge in [0, 0.05) is 37.4 Å². The van der Waals surface area contributed by atoms with Gasteiger partial charge >= 0.3 is 10.2 Å². The van der Waals surface area contributed by atoms with Crippen molar-refractivity contribution in [3.05, 3.63) is 59.3 Å². The van der Waals surface area contributed by atoms with Gasteiger partial charge in [-0.1, -0.05) is 25.1 Å². The maximum atomic E-state index is 12.8. The molecule has 0 spiro atoms. The van der Waals surface area contributed by atoms with E-state index in [-0.39, 0.29) is 11.8 Å². The summed E-state index contributed by atoms with van der Waals surface area (Å²) < 4.78 is 29.7. The van der Waals surface area contributed by atoms with Crippen molar-refractivity contribution < 1.29 is 13.2 Å². The highest BCUT2D eigenvalue weighted by Gasteiger charge is 2.29. The van der Waals surface area contributed by atoms with E-state index in [2.05, 4.69) is 9.71 Å². The van der Waals surface area contributed by atoms with Crippen LogP contribution >= 0.6 is 0 Å². The molecule has 1 amide bonds. The van der Waals surface area contributed by atoms with E-state index in [0.29, 0.717) is 50.4 Å². The Labute approximate surface area is 185 Å². The number of carbonyl (C=O) groups is 1. The van der Waals surface area contributed by atoms with Gasteiger partial charge in [-0.15, -0.1) is 0 Å². The minimum atomic E-state index is -3.65. The Morgan fingerprint density at radius 2 is 1.77 bits per heavy atom. The standard InChI is InChI=1S/C23H32N4O3S/c1-4-21-11-8-12-22(24-21)25-31(29,30)27-15-13-18(14-16-27)19-9-7-10-20(17-19)23(28)26(5-2)6-3/h7-12,17-18H,4-6,13-16H2,1-3H3,(H,24,25). The average molecular weight is 445 g/mol. The molecule has 7 nitrogen and oxygen atoms in total. The van der Waals surface area contributed by atoms with Gasteiger partial charge in [-0.25, -0.2) is 4.98 Å². The third kappa shape index (κ3) is 5.62. The summed E-state index contributed by atoms with van der Waals surface area (Å²) in [6.45, 7) is 8.16. The lowest BCUT2D eigenvalue weighted by Gasteiger charge is -2.31. The first kappa shape index (κ1) is 23.2. The Hall–Kier alpha value is -2.45. The quantitative estimate of drug-likeness (QED) is 0.674. The number of nitrogens with one attached hydrogen (secondary N) is 1. The molecular formula is C23H32N4O3S. The van der Waals surface area contributed by atoms with Crippen molar-refractivity contribution in [1.29, 1.82) is 0 Å². The Balaban J connectivity index is 1.65. The fraction of sp³-hybridized carbons (Fsp3) is 0.478. The smallest absolute Gasteiger partial charge is 0.302 e. The fourth-order valence-corrected chi connectivity index (χ4v) is 5.18. The molecule has 0 aliphatic carbocycles. The van der Waals surface area contributed by atoms with Gasteiger partial charge in [0.1, 0.15) is 5.82 Å². The number of aryl methyl sites for hydroxylation is 1. The lowest BCUT2D eigenvalue weighted by molar-refractivity contribution is 0.0773. The molecule has 1 aliphatic rings. The third-order valence-corrected chi connectivity index (χ3v) is 7.36. The minimum absolute atomic E-state index is 0.0397. The van der Waals surface area contributed by atoms with Crippen LogP contribution < -0.4 is 4.72 Å². The predicted molar refractivity (Wildman–Crippen MR) is 123 cm³/mol. The number of hydrogen-bond donors (Lipinski definition) is 1. The molecule has 8 heteroatoms. The fourth-order valence-electron chi connectivity index (χ4n) is 3.98. The first-order chi connectivity index (χ1) is 14.9. The summed E-state index contributed by atoms with van der Waals surface area (Å²) in [5, 5.41) is 0. The van der Waals surface area contributed by atoms with Crippen molar-refractivity contribution in [1.82, 2.24) is 14.2 Å². The van der Waals surface area contributed by atoms with Gasteiger partial charge in [0.05, 0.1) is 0 Å². The van der Waals surface area contributed by atoms with Crippen LogP contribution in [0, 0.1) is 0 Å². The monoisotopic (exact) mass is 444 g/mol. The van der Waals surface area contributed by atoms with E-state index in [9.17, 15) is 13.2 Å². The van der Waals surface area contributed by atoms with Crippen molar-refractivity contribution in [3.8, 4) is 0 Å².